The van der Waals surface area contributed by atoms with E-state index in [4.69, 9.17) is 4.52 Å². The molecule has 2 heterocycles. The van der Waals surface area contributed by atoms with E-state index in [1.807, 2.05) is 30.3 Å². The molecule has 2 N–H and O–H groups in total. The maximum absolute atomic E-state index is 12.3. The zero-order chi connectivity index (χ0) is 16.2. The minimum absolute atomic E-state index is 0.186. The Hall–Kier alpha value is -2.74. The van der Waals surface area contributed by atoms with Crippen molar-refractivity contribution < 1.29 is 14.1 Å². The van der Waals surface area contributed by atoms with E-state index in [-0.39, 0.29) is 24.9 Å². The maximum Gasteiger partial charge on any atom is 0.257 e. The fourth-order valence-corrected chi connectivity index (χ4v) is 2.35. The molecule has 1 unspecified atom stereocenters. The van der Waals surface area contributed by atoms with Crippen LogP contribution in [0.25, 0.3) is 11.5 Å². The zero-order valence-electron chi connectivity index (χ0n) is 12.7. The predicted octanol–water partition coefficient (Wildman–Crippen LogP) is -0.217. The summed E-state index contributed by atoms with van der Waals surface area (Å²) in [5.41, 5.74) is 0.823. The summed E-state index contributed by atoms with van der Waals surface area (Å²) >= 11 is 0. The van der Waals surface area contributed by atoms with Crippen molar-refractivity contribution in [2.75, 3.05) is 20.1 Å². The number of likely N-dealkylation sites (N-methyl/N-ethyl adjacent to an activating group) is 1. The SMILES string of the molecule is CN(Cc1noc(-c2ccccc2)n1)C(=O)C1CNCC(=O)N1. The van der Waals surface area contributed by atoms with Gasteiger partial charge in [0.1, 0.15) is 6.04 Å². The number of hydrogen-bond acceptors (Lipinski definition) is 6. The van der Waals surface area contributed by atoms with Crippen LogP contribution < -0.4 is 10.6 Å². The number of nitrogens with zero attached hydrogens (tertiary/aromatic N) is 3. The molecule has 23 heavy (non-hydrogen) atoms. The van der Waals surface area contributed by atoms with Crippen molar-refractivity contribution >= 4 is 11.8 Å². The van der Waals surface area contributed by atoms with Crippen molar-refractivity contribution in [2.45, 2.75) is 12.6 Å². The molecule has 3 rings (SSSR count). The molecule has 2 aromatic rings. The van der Waals surface area contributed by atoms with Crippen LogP contribution in [0, 0.1) is 0 Å². The second kappa shape index (κ2) is 6.57. The molecule has 0 saturated carbocycles. The van der Waals surface area contributed by atoms with Crippen LogP contribution in [0.15, 0.2) is 34.9 Å². The molecule has 1 aliphatic rings. The first-order chi connectivity index (χ1) is 11.1. The van der Waals surface area contributed by atoms with Gasteiger partial charge in [-0.15, -0.1) is 0 Å². The molecule has 1 saturated heterocycles. The second-order valence-electron chi connectivity index (χ2n) is 5.33. The van der Waals surface area contributed by atoms with Crippen LogP contribution >= 0.6 is 0 Å². The first-order valence-electron chi connectivity index (χ1n) is 7.26. The normalized spacial score (nSPS) is 17.6. The third-order valence-corrected chi connectivity index (χ3v) is 3.51. The van der Waals surface area contributed by atoms with Crippen molar-refractivity contribution in [3.05, 3.63) is 36.2 Å². The largest absolute Gasteiger partial charge is 0.342 e. The highest BCUT2D eigenvalue weighted by Crippen LogP contribution is 2.16. The lowest BCUT2D eigenvalue weighted by Gasteiger charge is -2.27. The quantitative estimate of drug-likeness (QED) is 0.809. The summed E-state index contributed by atoms with van der Waals surface area (Å²) < 4.78 is 5.21. The summed E-state index contributed by atoms with van der Waals surface area (Å²) in [5, 5.41) is 9.45. The topological polar surface area (TPSA) is 100 Å². The van der Waals surface area contributed by atoms with Crippen LogP contribution in [0.5, 0.6) is 0 Å². The van der Waals surface area contributed by atoms with E-state index in [0.717, 1.165) is 5.56 Å². The van der Waals surface area contributed by atoms with Gasteiger partial charge in [0.05, 0.1) is 13.1 Å². The lowest BCUT2D eigenvalue weighted by molar-refractivity contribution is -0.136. The Labute approximate surface area is 132 Å². The minimum Gasteiger partial charge on any atom is -0.342 e. The smallest absolute Gasteiger partial charge is 0.257 e. The Bertz CT molecular complexity index is 700. The summed E-state index contributed by atoms with van der Waals surface area (Å²) in [7, 11) is 1.64. The van der Waals surface area contributed by atoms with Crippen LogP contribution in [0.1, 0.15) is 5.82 Å². The average molecular weight is 315 g/mol. The molecule has 1 aliphatic heterocycles. The van der Waals surface area contributed by atoms with Gasteiger partial charge in [0.25, 0.3) is 5.89 Å². The maximum atomic E-state index is 12.3. The van der Waals surface area contributed by atoms with Crippen molar-refractivity contribution in [3.8, 4) is 11.5 Å². The number of benzene rings is 1. The molecule has 0 aliphatic carbocycles. The summed E-state index contributed by atoms with van der Waals surface area (Å²) in [6, 6.07) is 8.84. The van der Waals surface area contributed by atoms with E-state index in [1.165, 1.54) is 4.90 Å². The molecular formula is C15H17N5O3. The van der Waals surface area contributed by atoms with Crippen LogP contribution in [-0.2, 0) is 16.1 Å². The number of rotatable bonds is 4. The van der Waals surface area contributed by atoms with Gasteiger partial charge in [0.15, 0.2) is 5.82 Å². The van der Waals surface area contributed by atoms with Gasteiger partial charge in [-0.05, 0) is 12.1 Å². The molecule has 8 heteroatoms. The van der Waals surface area contributed by atoms with Crippen molar-refractivity contribution in [3.63, 3.8) is 0 Å². The standard InChI is InChI=1S/C15H17N5O3/c1-20(15(22)11-7-16-8-13(21)17-11)9-12-18-14(23-19-12)10-5-3-2-4-6-10/h2-6,11,16H,7-9H2,1H3,(H,17,21). The van der Waals surface area contributed by atoms with Gasteiger partial charge < -0.3 is 20.1 Å². The molecule has 1 aromatic carbocycles. The van der Waals surface area contributed by atoms with Crippen molar-refractivity contribution in [2.24, 2.45) is 0 Å². The molecule has 120 valence electrons. The Kier molecular flexibility index (Phi) is 4.33. The molecule has 1 atom stereocenters. The lowest BCUT2D eigenvalue weighted by atomic mass is 10.2. The van der Waals surface area contributed by atoms with Gasteiger partial charge in [-0.3, -0.25) is 9.59 Å². The first kappa shape index (κ1) is 15.2. The van der Waals surface area contributed by atoms with Gasteiger partial charge in [0, 0.05) is 19.2 Å². The summed E-state index contributed by atoms with van der Waals surface area (Å²) in [5.74, 6) is 0.439. The van der Waals surface area contributed by atoms with Gasteiger partial charge in [-0.2, -0.15) is 4.98 Å². The lowest BCUT2D eigenvalue weighted by Crippen LogP contribution is -2.58. The molecule has 8 nitrogen and oxygen atoms in total. The van der Waals surface area contributed by atoms with Crippen LogP contribution in [0.4, 0.5) is 0 Å². The van der Waals surface area contributed by atoms with E-state index in [9.17, 15) is 9.59 Å². The monoisotopic (exact) mass is 315 g/mol. The van der Waals surface area contributed by atoms with Crippen LogP contribution in [-0.4, -0.2) is 53.0 Å². The van der Waals surface area contributed by atoms with E-state index in [2.05, 4.69) is 20.8 Å². The fourth-order valence-electron chi connectivity index (χ4n) is 2.35. The molecule has 1 fully saturated rings. The molecule has 0 bridgehead atoms. The van der Waals surface area contributed by atoms with E-state index in [1.54, 1.807) is 7.05 Å². The van der Waals surface area contributed by atoms with Crippen LogP contribution in [0.3, 0.4) is 0 Å². The third kappa shape index (κ3) is 3.54. The Morgan fingerprint density at radius 1 is 1.39 bits per heavy atom. The second-order valence-corrected chi connectivity index (χ2v) is 5.33. The molecule has 0 spiro atoms. The zero-order valence-corrected chi connectivity index (χ0v) is 12.7. The number of nitrogens with one attached hydrogen (secondary N) is 2. The highest BCUT2D eigenvalue weighted by atomic mass is 16.5. The van der Waals surface area contributed by atoms with Crippen molar-refractivity contribution in [1.29, 1.82) is 0 Å². The fraction of sp³-hybridized carbons (Fsp3) is 0.333. The van der Waals surface area contributed by atoms with Crippen LogP contribution in [0.2, 0.25) is 0 Å². The Morgan fingerprint density at radius 2 is 2.17 bits per heavy atom. The average Bonchev–Trinajstić information content (AvgIpc) is 3.03. The molecule has 0 radical (unpaired) electrons. The van der Waals surface area contributed by atoms with Gasteiger partial charge in [-0.25, -0.2) is 0 Å². The van der Waals surface area contributed by atoms with Gasteiger partial charge >= 0.3 is 0 Å². The molecule has 2 amide bonds. The van der Waals surface area contributed by atoms with E-state index in [0.29, 0.717) is 18.3 Å². The van der Waals surface area contributed by atoms with Gasteiger partial charge in [0.2, 0.25) is 11.8 Å². The van der Waals surface area contributed by atoms with E-state index >= 15 is 0 Å². The summed E-state index contributed by atoms with van der Waals surface area (Å²) in [6.45, 7) is 0.858. The summed E-state index contributed by atoms with van der Waals surface area (Å²) in [6.07, 6.45) is 0. The number of piperazine rings is 1. The Morgan fingerprint density at radius 3 is 2.91 bits per heavy atom. The highest BCUT2D eigenvalue weighted by Gasteiger charge is 2.27. The number of carbonyl (C=O) groups is 2. The summed E-state index contributed by atoms with van der Waals surface area (Å²) in [4.78, 5) is 29.4. The Balaban J connectivity index is 1.64. The highest BCUT2D eigenvalue weighted by molar-refractivity contribution is 5.89. The molecular weight excluding hydrogens is 298 g/mol. The number of amides is 2. The molecule has 1 aromatic heterocycles. The van der Waals surface area contributed by atoms with Crippen molar-refractivity contribution in [1.82, 2.24) is 25.7 Å². The minimum atomic E-state index is -0.568. The van der Waals surface area contributed by atoms with E-state index < -0.39 is 6.04 Å². The van der Waals surface area contributed by atoms with Gasteiger partial charge in [-0.1, -0.05) is 23.4 Å². The number of carbonyl (C=O) groups excluding carboxylic acids is 2. The third-order valence-electron chi connectivity index (χ3n) is 3.51. The number of aromatic nitrogens is 2. The predicted molar refractivity (Wildman–Crippen MR) is 81.0 cm³/mol. The first-order valence-corrected chi connectivity index (χ1v) is 7.26. The number of hydrogen-bond donors (Lipinski definition) is 2.